The first kappa shape index (κ1) is 16.4. The maximum Gasteiger partial charge on any atom is 0.460 e. The molecule has 3 atom stereocenters. The fourth-order valence-electron chi connectivity index (χ4n) is 0.827. The number of alkyl halides is 5. The van der Waals surface area contributed by atoms with E-state index in [1.54, 1.807) is 6.92 Å². The molecule has 4 nitrogen and oxygen atoms in total. The monoisotopic (exact) mass is 329 g/mol. The third-order valence-electron chi connectivity index (χ3n) is 1.66. The third kappa shape index (κ3) is 3.92. The Morgan fingerprint density at radius 2 is 2.00 bits per heavy atom. The van der Waals surface area contributed by atoms with E-state index in [0.29, 0.717) is 11.0 Å². The number of halogens is 5. The second-order valence-electron chi connectivity index (χ2n) is 2.98. The van der Waals surface area contributed by atoms with Crippen LogP contribution in [0.25, 0.3) is 0 Å². The third-order valence-corrected chi connectivity index (χ3v) is 6.34. The largest absolute Gasteiger partial charge is 0.460 e. The predicted octanol–water partition coefficient (Wildman–Crippen LogP) is 3.82. The van der Waals surface area contributed by atoms with Gasteiger partial charge in [0.15, 0.2) is 8.22 Å². The first-order valence-electron chi connectivity index (χ1n) is 4.68. The van der Waals surface area contributed by atoms with Gasteiger partial charge in [-0.3, -0.25) is 4.86 Å². The zero-order valence-electron chi connectivity index (χ0n) is 9.05. The van der Waals surface area contributed by atoms with Gasteiger partial charge in [0.25, 0.3) is 0 Å². The highest BCUT2D eigenvalue weighted by Gasteiger charge is 2.66. The Hall–Kier alpha value is 0.360. The van der Waals surface area contributed by atoms with E-state index in [4.69, 9.17) is 4.84 Å². The van der Waals surface area contributed by atoms with Gasteiger partial charge in [-0.25, -0.2) is 4.86 Å². The summed E-state index contributed by atoms with van der Waals surface area (Å²) in [4.78, 5) is 9.58. The second kappa shape index (κ2) is 6.69. The molecule has 1 aliphatic heterocycles. The molecular formula is C6H11F5N3OP3. The van der Waals surface area contributed by atoms with E-state index in [-0.39, 0.29) is 8.88 Å². The lowest BCUT2D eigenvalue weighted by molar-refractivity contribution is -0.243. The molecule has 3 unspecified atom stereocenters. The van der Waals surface area contributed by atoms with Gasteiger partial charge in [-0.1, -0.05) is 11.5 Å². The van der Waals surface area contributed by atoms with Gasteiger partial charge in [0.2, 0.25) is 0 Å². The van der Waals surface area contributed by atoms with Crippen molar-refractivity contribution in [3.63, 3.8) is 0 Å². The van der Waals surface area contributed by atoms with Crippen molar-refractivity contribution in [2.24, 2.45) is 0 Å². The molecule has 0 aliphatic carbocycles. The van der Waals surface area contributed by atoms with Crippen molar-refractivity contribution in [1.29, 1.82) is 0 Å². The van der Waals surface area contributed by atoms with Crippen LogP contribution >= 0.6 is 26.0 Å². The molecule has 0 radical (unpaired) electrons. The molecule has 1 fully saturated rings. The maximum absolute atomic E-state index is 13.3. The van der Waals surface area contributed by atoms with Crippen LogP contribution in [0.1, 0.15) is 13.3 Å². The van der Waals surface area contributed by atoms with Crippen LogP contribution in [-0.2, 0) is 4.84 Å². The minimum Gasteiger partial charge on any atom is -0.404 e. The molecule has 1 aliphatic rings. The van der Waals surface area contributed by atoms with Crippen LogP contribution in [0.4, 0.5) is 22.0 Å². The summed E-state index contributed by atoms with van der Waals surface area (Å²) in [6.07, 6.45) is -2.39. The number of allylic oxidation sites excluding steroid dienone is 1. The Morgan fingerprint density at radius 3 is 2.56 bits per heavy atom. The van der Waals surface area contributed by atoms with Gasteiger partial charge >= 0.3 is 11.8 Å². The Balaban J connectivity index is 2.78. The van der Waals surface area contributed by atoms with Gasteiger partial charge in [-0.05, 0) is 12.5 Å². The van der Waals surface area contributed by atoms with E-state index in [9.17, 15) is 22.0 Å². The lowest BCUT2D eigenvalue weighted by Gasteiger charge is -2.38. The van der Waals surface area contributed by atoms with Crippen molar-refractivity contribution in [3.8, 4) is 0 Å². The molecule has 1 rings (SSSR count). The molecule has 0 saturated carbocycles. The summed E-state index contributed by atoms with van der Waals surface area (Å²) >= 11 is 0. The minimum atomic E-state index is -5.60. The molecule has 12 heteroatoms. The van der Waals surface area contributed by atoms with Crippen molar-refractivity contribution < 1.29 is 26.8 Å². The lowest BCUT2D eigenvalue weighted by Crippen LogP contribution is -2.42. The predicted molar refractivity (Wildman–Crippen MR) is 63.2 cm³/mol. The second-order valence-corrected chi connectivity index (χ2v) is 7.68. The van der Waals surface area contributed by atoms with Crippen molar-refractivity contribution >= 4 is 26.0 Å². The number of hydrogen-bond acceptors (Lipinski definition) is 4. The van der Waals surface area contributed by atoms with Crippen LogP contribution in [0, 0.1) is 0 Å². The van der Waals surface area contributed by atoms with Crippen LogP contribution in [0.5, 0.6) is 0 Å². The average Bonchev–Trinajstić information content (AvgIpc) is 2.28. The van der Waals surface area contributed by atoms with E-state index in [1.165, 1.54) is 6.08 Å². The van der Waals surface area contributed by atoms with Crippen LogP contribution in [0.3, 0.4) is 0 Å². The summed E-state index contributed by atoms with van der Waals surface area (Å²) in [6, 6.07) is 0. The van der Waals surface area contributed by atoms with Crippen LogP contribution in [0.15, 0.2) is 12.3 Å². The number of nitrogens with one attached hydrogen (secondary N) is 2. The van der Waals surface area contributed by atoms with Crippen LogP contribution < -0.4 is 9.72 Å². The molecule has 0 amide bonds. The maximum atomic E-state index is 13.3. The number of nitrogens with zero attached hydrogens (tertiary/aromatic N) is 1. The summed E-state index contributed by atoms with van der Waals surface area (Å²) in [5.41, 5.74) is -4.83. The lowest BCUT2D eigenvalue weighted by atomic mass is 10.5. The van der Waals surface area contributed by atoms with Gasteiger partial charge in [0.1, 0.15) is 6.26 Å². The highest BCUT2D eigenvalue weighted by molar-refractivity contribution is 7.73. The van der Waals surface area contributed by atoms with Crippen molar-refractivity contribution in [2.45, 2.75) is 25.2 Å². The molecule has 0 aromatic rings. The normalized spacial score (nSPS) is 26.2. The van der Waals surface area contributed by atoms with E-state index < -0.39 is 28.9 Å². The van der Waals surface area contributed by atoms with Crippen molar-refractivity contribution in [1.82, 2.24) is 14.3 Å². The van der Waals surface area contributed by atoms with E-state index in [1.807, 2.05) is 0 Å². The van der Waals surface area contributed by atoms with E-state index in [0.717, 1.165) is 6.26 Å². The highest BCUT2D eigenvalue weighted by atomic mass is 31.2. The van der Waals surface area contributed by atoms with E-state index >= 15 is 0 Å². The molecule has 18 heavy (non-hydrogen) atoms. The van der Waals surface area contributed by atoms with Gasteiger partial charge in [-0.2, -0.15) is 22.0 Å². The fraction of sp³-hybridized carbons (Fsp3) is 0.667. The fourth-order valence-corrected chi connectivity index (χ4v) is 5.92. The minimum absolute atomic E-state index is 0.359. The van der Waals surface area contributed by atoms with Gasteiger partial charge in [0, 0.05) is 8.88 Å². The Kier molecular flexibility index (Phi) is 6.10. The molecule has 0 bridgehead atoms. The first-order chi connectivity index (χ1) is 8.30. The van der Waals surface area contributed by atoms with Crippen molar-refractivity contribution in [3.05, 3.63) is 12.3 Å². The SMILES string of the molecule is CCC=CON1PNPNP1C(F)(F)C(F)(F)F. The summed E-state index contributed by atoms with van der Waals surface area (Å²) < 4.78 is 64.0. The van der Waals surface area contributed by atoms with Gasteiger partial charge in [0.05, 0.1) is 8.88 Å². The molecule has 0 aromatic heterocycles. The Labute approximate surface area is 105 Å². The molecule has 0 aromatic carbocycles. The summed E-state index contributed by atoms with van der Waals surface area (Å²) in [5.74, 6) is 0. The smallest absolute Gasteiger partial charge is 0.404 e. The highest BCUT2D eigenvalue weighted by Crippen LogP contribution is 2.65. The molecule has 106 valence electrons. The standard InChI is InChI=1S/C6H11F5N3OP3/c1-2-3-4-15-14-17-12-16-13-18(14)6(10,11)5(7,8)9/h3-4,12-13,16-17H,2H2,1H3. The quantitative estimate of drug-likeness (QED) is 0.467. The number of rotatable bonds is 4. The molecule has 0 spiro atoms. The summed E-state index contributed by atoms with van der Waals surface area (Å²) in [7, 11) is -3.78. The number of hydrogen-bond donors (Lipinski definition) is 2. The topological polar surface area (TPSA) is 36.5 Å². The van der Waals surface area contributed by atoms with Crippen LogP contribution in [-0.4, -0.2) is 16.4 Å². The molecule has 1 heterocycles. The Morgan fingerprint density at radius 1 is 1.33 bits per heavy atom. The molecule has 2 N–H and O–H groups in total. The van der Waals surface area contributed by atoms with E-state index in [2.05, 4.69) is 9.72 Å². The van der Waals surface area contributed by atoms with Gasteiger partial charge < -0.3 is 4.84 Å². The first-order valence-corrected chi connectivity index (χ1v) is 7.92. The molecular weight excluding hydrogens is 318 g/mol. The van der Waals surface area contributed by atoms with Crippen LogP contribution in [0.2, 0.25) is 0 Å². The van der Waals surface area contributed by atoms with Gasteiger partial charge in [-0.15, -0.1) is 0 Å². The summed E-state index contributed by atoms with van der Waals surface area (Å²) in [5, 5.41) is 0. The zero-order chi connectivity index (χ0) is 13.8. The zero-order valence-corrected chi connectivity index (χ0v) is 11.9. The average molecular weight is 329 g/mol. The van der Waals surface area contributed by atoms with Crippen molar-refractivity contribution in [2.75, 3.05) is 0 Å². The molecule has 1 saturated heterocycles. The summed E-state index contributed by atoms with van der Waals surface area (Å²) in [6.45, 7) is 1.78. The Bertz CT molecular complexity index is 303.